The van der Waals surface area contributed by atoms with E-state index in [0.717, 1.165) is 14.4 Å². The Kier molecular flexibility index (Phi) is 8.05. The van der Waals surface area contributed by atoms with Gasteiger partial charge in [0.15, 0.2) is 8.68 Å². The second kappa shape index (κ2) is 9.01. The molecule has 0 spiro atoms. The molecule has 0 atom stereocenters. The van der Waals surface area contributed by atoms with E-state index in [4.69, 9.17) is 0 Å². The Morgan fingerprint density at radius 1 is 1.33 bits per heavy atom. The maximum atomic E-state index is 11.3. The third-order valence-corrected chi connectivity index (χ3v) is 6.26. The van der Waals surface area contributed by atoms with E-state index >= 15 is 0 Å². The van der Waals surface area contributed by atoms with Gasteiger partial charge < -0.3 is 0 Å². The van der Waals surface area contributed by atoms with Crippen molar-refractivity contribution in [3.05, 3.63) is 12.2 Å². The van der Waals surface area contributed by atoms with Crippen LogP contribution in [0.2, 0.25) is 0 Å². The van der Waals surface area contributed by atoms with Crippen LogP contribution in [-0.4, -0.2) is 26.2 Å². The molecule has 0 amide bonds. The molecule has 7 heteroatoms. The van der Waals surface area contributed by atoms with E-state index in [1.165, 1.54) is 24.6 Å². The van der Waals surface area contributed by atoms with Gasteiger partial charge in [0, 0.05) is 5.75 Å². The maximum absolute atomic E-state index is 11.3. The normalized spacial score (nSPS) is 10.6. The number of hydrogen-bond donors (Lipinski definition) is 0. The third kappa shape index (κ3) is 6.26. The largest absolute Gasteiger partial charge is 0.282 e. The van der Waals surface area contributed by atoms with Crippen molar-refractivity contribution in [3.63, 3.8) is 0 Å². The number of unbranched alkanes of at least 4 members (excludes halogenated alkanes) is 1. The zero-order valence-corrected chi connectivity index (χ0v) is 13.7. The molecule has 18 heavy (non-hydrogen) atoms. The van der Waals surface area contributed by atoms with Crippen LogP contribution in [0.15, 0.2) is 20.8 Å². The van der Waals surface area contributed by atoms with Gasteiger partial charge in [0.2, 0.25) is 5.12 Å². The molecule has 0 aliphatic heterocycles. The topological polar surface area (TPSA) is 42.9 Å². The van der Waals surface area contributed by atoms with Crippen molar-refractivity contribution in [2.45, 2.75) is 35.4 Å². The van der Waals surface area contributed by atoms with Crippen molar-refractivity contribution in [3.8, 4) is 0 Å². The molecule has 1 rings (SSSR count). The summed E-state index contributed by atoms with van der Waals surface area (Å²) >= 11 is 6.18. The van der Waals surface area contributed by atoms with E-state index in [0.29, 0.717) is 10.7 Å². The van der Waals surface area contributed by atoms with E-state index in [2.05, 4.69) is 23.7 Å². The van der Waals surface area contributed by atoms with Crippen LogP contribution in [0, 0.1) is 0 Å². The van der Waals surface area contributed by atoms with Crippen LogP contribution in [0.1, 0.15) is 26.7 Å². The molecule has 0 aromatic carbocycles. The molecule has 1 aromatic rings. The second-order valence-electron chi connectivity index (χ2n) is 3.51. The lowest BCUT2D eigenvalue weighted by Gasteiger charge is -1.96. The summed E-state index contributed by atoms with van der Waals surface area (Å²) in [5, 5.41) is 8.93. The lowest BCUT2D eigenvalue weighted by Crippen LogP contribution is -1.91. The number of hydrogen-bond acceptors (Lipinski definition) is 7. The predicted molar refractivity (Wildman–Crippen MR) is 83.7 cm³/mol. The van der Waals surface area contributed by atoms with Crippen molar-refractivity contribution in [1.29, 1.82) is 0 Å². The second-order valence-corrected chi connectivity index (χ2v) is 8.37. The fourth-order valence-corrected chi connectivity index (χ4v) is 5.09. The molecule has 0 aliphatic rings. The molecule has 1 heterocycles. The Balaban J connectivity index is 2.26. The van der Waals surface area contributed by atoms with Crippen LogP contribution in [0.4, 0.5) is 0 Å². The monoisotopic (exact) mass is 320 g/mol. The Morgan fingerprint density at radius 2 is 2.00 bits per heavy atom. The van der Waals surface area contributed by atoms with Gasteiger partial charge in [0.1, 0.15) is 0 Å². The summed E-state index contributed by atoms with van der Waals surface area (Å²) < 4.78 is 1.94. The zero-order valence-electron chi connectivity index (χ0n) is 10.5. The Hall–Kier alpha value is 0.0200. The standard InChI is InChI=1S/C11H16N2OS4/c1-4-5-6-15-10-12-13-11(18-10)17-7-16-9(14)8(2)3/h2,4-7H2,1,3H3. The number of thioether (sulfide) groups is 3. The van der Waals surface area contributed by atoms with Crippen molar-refractivity contribution in [2.75, 3.05) is 10.8 Å². The van der Waals surface area contributed by atoms with E-state index in [1.807, 2.05) is 0 Å². The summed E-state index contributed by atoms with van der Waals surface area (Å²) in [6.45, 7) is 7.53. The van der Waals surface area contributed by atoms with E-state index < -0.39 is 0 Å². The molecule has 3 nitrogen and oxygen atoms in total. The molecule has 1 aromatic heterocycles. The molecule has 0 radical (unpaired) electrons. The average Bonchev–Trinajstić information content (AvgIpc) is 2.77. The summed E-state index contributed by atoms with van der Waals surface area (Å²) in [6.07, 6.45) is 2.41. The number of aromatic nitrogens is 2. The van der Waals surface area contributed by atoms with Gasteiger partial charge >= 0.3 is 0 Å². The molecule has 100 valence electrons. The minimum absolute atomic E-state index is 0.0459. The van der Waals surface area contributed by atoms with Crippen molar-refractivity contribution < 1.29 is 4.79 Å². The summed E-state index contributed by atoms with van der Waals surface area (Å²) in [5.74, 6) is 1.10. The highest BCUT2D eigenvalue weighted by Gasteiger charge is 2.07. The first-order valence-corrected chi connectivity index (χ1v) is 9.32. The highest BCUT2D eigenvalue weighted by Crippen LogP contribution is 2.31. The van der Waals surface area contributed by atoms with Crippen LogP contribution >= 0.6 is 46.6 Å². The number of rotatable bonds is 8. The molecule has 0 aliphatic carbocycles. The van der Waals surface area contributed by atoms with Crippen molar-refractivity contribution >= 4 is 51.7 Å². The minimum atomic E-state index is 0.0459. The summed E-state index contributed by atoms with van der Waals surface area (Å²) in [7, 11) is 0. The lowest BCUT2D eigenvalue weighted by molar-refractivity contribution is -0.107. The highest BCUT2D eigenvalue weighted by molar-refractivity contribution is 8.24. The highest BCUT2D eigenvalue weighted by atomic mass is 32.2. The lowest BCUT2D eigenvalue weighted by atomic mass is 10.4. The van der Waals surface area contributed by atoms with Crippen molar-refractivity contribution in [1.82, 2.24) is 10.2 Å². The van der Waals surface area contributed by atoms with Crippen LogP contribution in [0.5, 0.6) is 0 Å². The first kappa shape index (κ1) is 16.1. The van der Waals surface area contributed by atoms with Gasteiger partial charge in [-0.2, -0.15) is 0 Å². The van der Waals surface area contributed by atoms with Gasteiger partial charge in [-0.1, -0.05) is 66.5 Å². The molecular weight excluding hydrogens is 304 g/mol. The number of carbonyl (C=O) groups excluding carboxylic acids is 1. The first-order chi connectivity index (χ1) is 8.63. The Labute approximate surface area is 125 Å². The summed E-state index contributed by atoms with van der Waals surface area (Å²) in [5.41, 5.74) is 0.591. The predicted octanol–water partition coefficient (Wildman–Crippen LogP) is 4.32. The zero-order chi connectivity index (χ0) is 13.4. The summed E-state index contributed by atoms with van der Waals surface area (Å²) in [4.78, 5) is 11.3. The smallest absolute Gasteiger partial charge is 0.215 e. The molecule has 0 N–H and O–H groups in total. The van der Waals surface area contributed by atoms with Crippen LogP contribution < -0.4 is 0 Å². The molecule has 0 fully saturated rings. The van der Waals surface area contributed by atoms with Gasteiger partial charge in [-0.25, -0.2) is 0 Å². The quantitative estimate of drug-likeness (QED) is 0.308. The van der Waals surface area contributed by atoms with Gasteiger partial charge in [-0.05, 0) is 18.9 Å². The average molecular weight is 321 g/mol. The van der Waals surface area contributed by atoms with Gasteiger partial charge in [-0.15, -0.1) is 10.2 Å². The third-order valence-electron chi connectivity index (χ3n) is 1.83. The fourth-order valence-electron chi connectivity index (χ4n) is 0.874. The van der Waals surface area contributed by atoms with E-state index in [-0.39, 0.29) is 5.12 Å². The van der Waals surface area contributed by atoms with Gasteiger partial charge in [0.25, 0.3) is 0 Å². The van der Waals surface area contributed by atoms with Gasteiger partial charge in [0.05, 0.1) is 5.08 Å². The van der Waals surface area contributed by atoms with Crippen molar-refractivity contribution in [2.24, 2.45) is 0 Å². The summed E-state index contributed by atoms with van der Waals surface area (Å²) in [6, 6.07) is 0. The fraction of sp³-hybridized carbons (Fsp3) is 0.545. The van der Waals surface area contributed by atoms with Crippen LogP contribution in [0.25, 0.3) is 0 Å². The maximum Gasteiger partial charge on any atom is 0.215 e. The van der Waals surface area contributed by atoms with Crippen LogP contribution in [-0.2, 0) is 4.79 Å². The molecule has 0 saturated heterocycles. The molecular formula is C11H16N2OS4. The SMILES string of the molecule is C=C(C)C(=O)SCSc1nnc(SCCCC)s1. The Morgan fingerprint density at radius 3 is 2.61 bits per heavy atom. The number of carbonyl (C=O) groups is 1. The number of nitrogens with zero attached hydrogens (tertiary/aromatic N) is 2. The molecule has 0 saturated carbocycles. The first-order valence-electron chi connectivity index (χ1n) is 5.55. The van der Waals surface area contributed by atoms with E-state index in [1.54, 1.807) is 41.8 Å². The molecule has 0 bridgehead atoms. The van der Waals surface area contributed by atoms with E-state index in [9.17, 15) is 4.79 Å². The molecule has 0 unspecified atom stereocenters. The van der Waals surface area contributed by atoms with Crippen LogP contribution in [0.3, 0.4) is 0 Å². The minimum Gasteiger partial charge on any atom is -0.282 e. The Bertz CT molecular complexity index is 406. The van der Waals surface area contributed by atoms with Gasteiger partial charge in [-0.3, -0.25) is 4.79 Å².